The van der Waals surface area contributed by atoms with E-state index in [2.05, 4.69) is 4.98 Å². The summed E-state index contributed by atoms with van der Waals surface area (Å²) in [5.41, 5.74) is 1.56. The van der Waals surface area contributed by atoms with Gasteiger partial charge in [0.05, 0.1) is 18.5 Å². The van der Waals surface area contributed by atoms with Crippen molar-refractivity contribution in [3.05, 3.63) is 81.2 Å². The van der Waals surface area contributed by atoms with Gasteiger partial charge in [0.25, 0.3) is 5.56 Å². The Kier molecular flexibility index (Phi) is 8.31. The van der Waals surface area contributed by atoms with Gasteiger partial charge in [0.2, 0.25) is 0 Å². The standard InChI is InChI=1S/C25H26ClN3O4S/c1-32-12-11-29(13-19(30)15-33-20-5-3-2-4-6-20)14-22-27-24(31)23-21(16-34-25(23)28-22)17-7-9-18(26)10-8-17/h2-10,16,19,30H,11-15H2,1H3,(H,27,28,31). The summed E-state index contributed by atoms with van der Waals surface area (Å²) in [6.45, 7) is 1.93. The number of para-hydroxylation sites is 1. The molecular weight excluding hydrogens is 474 g/mol. The maximum atomic E-state index is 13.0. The van der Waals surface area contributed by atoms with Gasteiger partial charge in [0.1, 0.15) is 29.1 Å². The molecule has 9 heteroatoms. The topological polar surface area (TPSA) is 87.7 Å². The summed E-state index contributed by atoms with van der Waals surface area (Å²) < 4.78 is 10.9. The number of rotatable bonds is 11. The Hall–Kier alpha value is -2.75. The number of aliphatic hydroxyl groups excluding tert-OH is 1. The van der Waals surface area contributed by atoms with Gasteiger partial charge in [-0.15, -0.1) is 11.3 Å². The molecule has 0 saturated heterocycles. The zero-order valence-corrected chi connectivity index (χ0v) is 20.3. The third kappa shape index (κ3) is 6.22. The van der Waals surface area contributed by atoms with Crippen LogP contribution in [0.5, 0.6) is 5.75 Å². The highest BCUT2D eigenvalue weighted by Gasteiger charge is 2.17. The Balaban J connectivity index is 1.48. The molecule has 4 rings (SSSR count). The van der Waals surface area contributed by atoms with Crippen LogP contribution in [-0.2, 0) is 11.3 Å². The van der Waals surface area contributed by atoms with E-state index >= 15 is 0 Å². The fraction of sp³-hybridized carbons (Fsp3) is 0.280. The molecular formula is C25H26ClN3O4S. The number of H-pyrrole nitrogens is 1. The predicted octanol–water partition coefficient (Wildman–Crippen LogP) is 4.19. The fourth-order valence-corrected chi connectivity index (χ4v) is 4.73. The van der Waals surface area contributed by atoms with E-state index in [1.165, 1.54) is 11.3 Å². The summed E-state index contributed by atoms with van der Waals surface area (Å²) in [5, 5.41) is 13.7. The first kappa shape index (κ1) is 24.4. The molecule has 2 heterocycles. The van der Waals surface area contributed by atoms with Crippen molar-refractivity contribution in [2.24, 2.45) is 0 Å². The second-order valence-corrected chi connectivity index (χ2v) is 9.15. The van der Waals surface area contributed by atoms with E-state index in [1.807, 2.05) is 52.7 Å². The third-order valence-electron chi connectivity index (χ3n) is 5.29. The van der Waals surface area contributed by atoms with Crippen LogP contribution in [0.3, 0.4) is 0 Å². The summed E-state index contributed by atoms with van der Waals surface area (Å²) in [7, 11) is 1.63. The highest BCUT2D eigenvalue weighted by Crippen LogP contribution is 2.31. The highest BCUT2D eigenvalue weighted by atomic mass is 35.5. The number of aromatic amines is 1. The van der Waals surface area contributed by atoms with Gasteiger partial charge >= 0.3 is 0 Å². The van der Waals surface area contributed by atoms with Crippen molar-refractivity contribution in [3.8, 4) is 16.9 Å². The van der Waals surface area contributed by atoms with Gasteiger partial charge in [0.15, 0.2) is 0 Å². The first-order chi connectivity index (χ1) is 16.5. The van der Waals surface area contributed by atoms with Crippen molar-refractivity contribution < 1.29 is 14.6 Å². The molecule has 1 unspecified atom stereocenters. The smallest absolute Gasteiger partial charge is 0.260 e. The molecule has 0 aliphatic heterocycles. The van der Waals surface area contributed by atoms with Crippen molar-refractivity contribution in [1.29, 1.82) is 0 Å². The van der Waals surface area contributed by atoms with Gasteiger partial charge in [-0.3, -0.25) is 9.69 Å². The number of halogens is 1. The van der Waals surface area contributed by atoms with Crippen molar-refractivity contribution in [2.45, 2.75) is 12.6 Å². The number of benzene rings is 2. The largest absolute Gasteiger partial charge is 0.491 e. The van der Waals surface area contributed by atoms with Crippen LogP contribution >= 0.6 is 22.9 Å². The van der Waals surface area contributed by atoms with E-state index in [-0.39, 0.29) is 12.2 Å². The summed E-state index contributed by atoms with van der Waals surface area (Å²) in [6.07, 6.45) is -0.717. The van der Waals surface area contributed by atoms with Gasteiger partial charge < -0.3 is 19.6 Å². The Bertz CT molecular complexity index is 1260. The summed E-state index contributed by atoms with van der Waals surface area (Å²) in [5.74, 6) is 1.24. The molecule has 178 valence electrons. The van der Waals surface area contributed by atoms with E-state index in [9.17, 15) is 9.90 Å². The van der Waals surface area contributed by atoms with Crippen LogP contribution in [0.15, 0.2) is 64.8 Å². The minimum absolute atomic E-state index is 0.159. The first-order valence-corrected chi connectivity index (χ1v) is 12.1. The fourth-order valence-electron chi connectivity index (χ4n) is 3.64. The lowest BCUT2D eigenvalue weighted by Crippen LogP contribution is -2.38. The van der Waals surface area contributed by atoms with Gasteiger partial charge in [-0.05, 0) is 29.8 Å². The van der Waals surface area contributed by atoms with Crippen LogP contribution in [-0.4, -0.2) is 59.5 Å². The summed E-state index contributed by atoms with van der Waals surface area (Å²) in [6, 6.07) is 16.8. The number of aliphatic hydroxyl groups is 1. The van der Waals surface area contributed by atoms with Gasteiger partial charge in [-0.25, -0.2) is 4.98 Å². The highest BCUT2D eigenvalue weighted by molar-refractivity contribution is 7.17. The van der Waals surface area contributed by atoms with E-state index < -0.39 is 6.10 Å². The molecule has 0 aliphatic carbocycles. The molecule has 34 heavy (non-hydrogen) atoms. The number of fused-ring (bicyclic) bond motifs is 1. The van der Waals surface area contributed by atoms with Crippen LogP contribution in [0.4, 0.5) is 0 Å². The van der Waals surface area contributed by atoms with Crippen molar-refractivity contribution in [2.75, 3.05) is 33.4 Å². The van der Waals surface area contributed by atoms with Crippen molar-refractivity contribution in [1.82, 2.24) is 14.9 Å². The monoisotopic (exact) mass is 499 g/mol. The maximum Gasteiger partial charge on any atom is 0.260 e. The molecule has 2 N–H and O–H groups in total. The number of thiophene rings is 1. The molecule has 0 aliphatic rings. The lowest BCUT2D eigenvalue weighted by molar-refractivity contribution is 0.0533. The second-order valence-electron chi connectivity index (χ2n) is 7.85. The average molecular weight is 500 g/mol. The van der Waals surface area contributed by atoms with Crippen LogP contribution in [0.2, 0.25) is 5.02 Å². The maximum absolute atomic E-state index is 13.0. The summed E-state index contributed by atoms with van der Waals surface area (Å²) in [4.78, 5) is 23.2. The zero-order chi connectivity index (χ0) is 23.9. The lowest BCUT2D eigenvalue weighted by atomic mass is 10.1. The van der Waals surface area contributed by atoms with E-state index in [4.69, 9.17) is 26.1 Å². The molecule has 4 aromatic rings. The number of aromatic nitrogens is 2. The van der Waals surface area contributed by atoms with Gasteiger partial charge in [-0.1, -0.05) is 41.9 Å². The molecule has 0 radical (unpaired) electrons. The van der Waals surface area contributed by atoms with Gasteiger partial charge in [-0.2, -0.15) is 0 Å². The van der Waals surface area contributed by atoms with Crippen LogP contribution < -0.4 is 10.3 Å². The molecule has 0 fully saturated rings. The molecule has 1 atom stereocenters. The van der Waals surface area contributed by atoms with Crippen molar-refractivity contribution >= 4 is 33.2 Å². The number of ether oxygens (including phenoxy) is 2. The number of nitrogens with zero attached hydrogens (tertiary/aromatic N) is 2. The van der Waals surface area contributed by atoms with Crippen LogP contribution in [0.25, 0.3) is 21.3 Å². The Labute approximate surface area is 206 Å². The second kappa shape index (κ2) is 11.6. The minimum atomic E-state index is -0.717. The number of hydrogen-bond donors (Lipinski definition) is 2. The molecule has 0 amide bonds. The number of methoxy groups -OCH3 is 1. The molecule has 2 aromatic carbocycles. The average Bonchev–Trinajstić information content (AvgIpc) is 3.27. The molecule has 0 spiro atoms. The van der Waals surface area contributed by atoms with Crippen molar-refractivity contribution in [3.63, 3.8) is 0 Å². The zero-order valence-electron chi connectivity index (χ0n) is 18.7. The predicted molar refractivity (Wildman–Crippen MR) is 136 cm³/mol. The Morgan fingerprint density at radius 1 is 1.18 bits per heavy atom. The van der Waals surface area contributed by atoms with E-state index in [1.54, 1.807) is 19.2 Å². The number of hydrogen-bond acceptors (Lipinski definition) is 7. The third-order valence-corrected chi connectivity index (χ3v) is 6.41. The molecule has 7 nitrogen and oxygen atoms in total. The molecule has 0 bridgehead atoms. The van der Waals surface area contributed by atoms with Crippen LogP contribution in [0, 0.1) is 0 Å². The van der Waals surface area contributed by atoms with E-state index in [0.717, 1.165) is 11.1 Å². The molecule has 0 saturated carbocycles. The quantitative estimate of drug-likeness (QED) is 0.322. The van der Waals surface area contributed by atoms with E-state index in [0.29, 0.717) is 53.1 Å². The summed E-state index contributed by atoms with van der Waals surface area (Å²) >= 11 is 7.43. The lowest BCUT2D eigenvalue weighted by Gasteiger charge is -2.24. The van der Waals surface area contributed by atoms with Crippen LogP contribution in [0.1, 0.15) is 5.82 Å². The SMILES string of the molecule is COCCN(Cc1nc2scc(-c3ccc(Cl)cc3)c2c(=O)[nH]1)CC(O)COc1ccccc1. The number of nitrogens with one attached hydrogen (secondary N) is 1. The Morgan fingerprint density at radius 2 is 1.94 bits per heavy atom. The minimum Gasteiger partial charge on any atom is -0.491 e. The van der Waals surface area contributed by atoms with Gasteiger partial charge in [0, 0.05) is 36.2 Å². The normalized spacial score (nSPS) is 12.4. The molecule has 2 aromatic heterocycles. The Morgan fingerprint density at radius 3 is 2.68 bits per heavy atom. The first-order valence-electron chi connectivity index (χ1n) is 10.9.